The number of benzene rings is 7. The van der Waals surface area contributed by atoms with E-state index >= 15 is 0 Å². The summed E-state index contributed by atoms with van der Waals surface area (Å²) < 4.78 is 0. The van der Waals surface area contributed by atoms with Crippen LogP contribution in [-0.4, -0.2) is 28.2 Å². The Morgan fingerprint density at radius 2 is 1.19 bits per heavy atom. The maximum absolute atomic E-state index is 13.7. The van der Waals surface area contributed by atoms with E-state index in [4.69, 9.17) is 0 Å². The molecule has 1 aliphatic carbocycles. The predicted octanol–water partition coefficient (Wildman–Crippen LogP) is 10.8. The van der Waals surface area contributed by atoms with Crippen molar-refractivity contribution in [2.45, 2.75) is 6.92 Å². The summed E-state index contributed by atoms with van der Waals surface area (Å²) >= 11 is 0. The monoisotopic (exact) mass is 681 g/mol. The average molecular weight is 682 g/mol. The lowest BCUT2D eigenvalue weighted by Gasteiger charge is -2.11. The van der Waals surface area contributed by atoms with Crippen LogP contribution in [0.25, 0.3) is 32.7 Å². The number of anilines is 1. The third kappa shape index (κ3) is 5.63. The van der Waals surface area contributed by atoms with Gasteiger partial charge in [-0.15, -0.1) is 10.2 Å². The van der Waals surface area contributed by atoms with Crippen LogP contribution >= 0.6 is 0 Å². The topological polar surface area (TPSA) is 153 Å². The summed E-state index contributed by atoms with van der Waals surface area (Å²) in [6.45, 7) is 1.92. The number of nitrogens with one attached hydrogen (secondary N) is 1. The summed E-state index contributed by atoms with van der Waals surface area (Å²) in [5, 5.41) is 44.8. The van der Waals surface area contributed by atoms with Gasteiger partial charge in [0.15, 0.2) is 23.6 Å². The molecule has 250 valence electrons. The van der Waals surface area contributed by atoms with Crippen LogP contribution in [0.2, 0.25) is 0 Å². The molecule has 0 saturated heterocycles. The summed E-state index contributed by atoms with van der Waals surface area (Å²) in [5.74, 6) is -1.33. The second-order valence-electron chi connectivity index (χ2n) is 12.4. The molecule has 0 heterocycles. The predicted molar refractivity (Wildman–Crippen MR) is 199 cm³/mol. The van der Waals surface area contributed by atoms with E-state index in [1.165, 1.54) is 0 Å². The lowest BCUT2D eigenvalue weighted by Crippen LogP contribution is -2.12. The van der Waals surface area contributed by atoms with Crippen molar-refractivity contribution in [2.24, 2.45) is 20.5 Å². The zero-order chi connectivity index (χ0) is 35.9. The molecule has 0 aromatic heterocycles. The van der Waals surface area contributed by atoms with Crippen molar-refractivity contribution >= 4 is 68.0 Å². The number of amides is 1. The number of ketones is 1. The summed E-state index contributed by atoms with van der Waals surface area (Å²) in [5.41, 5.74) is 5.02. The molecule has 3 N–H and O–H groups in total. The number of phenols is 2. The van der Waals surface area contributed by atoms with Crippen molar-refractivity contribution in [3.05, 3.63) is 149 Å². The summed E-state index contributed by atoms with van der Waals surface area (Å²) in [6.07, 6.45) is 0.564. The van der Waals surface area contributed by atoms with Crippen LogP contribution in [0.1, 0.15) is 42.2 Å². The van der Waals surface area contributed by atoms with Gasteiger partial charge in [-0.25, -0.2) is 0 Å². The summed E-state index contributed by atoms with van der Waals surface area (Å²) in [6, 6.07) is 35.3. The molecule has 10 heteroatoms. The molecule has 0 aliphatic heterocycles. The number of aldehydes is 1. The SMILES string of the molecule is Cc1cccc(NC(=O)c2cc3ccccc3c(N=Nc3ccc4c(c3)C(=O)c3cc(N=Nc5c(O)c(C=O)cc6ccccc56)ccc3-4)c2O)c1. The molecule has 0 atom stereocenters. The second kappa shape index (κ2) is 12.8. The highest BCUT2D eigenvalue weighted by atomic mass is 16.3. The van der Waals surface area contributed by atoms with E-state index in [1.807, 2.05) is 49.4 Å². The number of hydrogen-bond acceptors (Lipinski definition) is 9. The van der Waals surface area contributed by atoms with Gasteiger partial charge < -0.3 is 15.5 Å². The molecule has 10 nitrogen and oxygen atoms in total. The van der Waals surface area contributed by atoms with Gasteiger partial charge in [0, 0.05) is 27.6 Å². The summed E-state index contributed by atoms with van der Waals surface area (Å²) in [4.78, 5) is 38.5. The van der Waals surface area contributed by atoms with E-state index in [9.17, 15) is 24.6 Å². The van der Waals surface area contributed by atoms with Crippen LogP contribution in [0.3, 0.4) is 0 Å². The number of phenolic OH excluding ortho intramolecular Hbond substituents is 2. The van der Waals surface area contributed by atoms with Gasteiger partial charge in [-0.3, -0.25) is 14.4 Å². The minimum Gasteiger partial charge on any atom is -0.505 e. The fourth-order valence-corrected chi connectivity index (χ4v) is 6.44. The number of carbonyl (C=O) groups excluding carboxylic acids is 3. The van der Waals surface area contributed by atoms with Gasteiger partial charge in [0.2, 0.25) is 0 Å². The Labute approximate surface area is 296 Å². The number of hydrogen-bond donors (Lipinski definition) is 3. The van der Waals surface area contributed by atoms with E-state index in [1.54, 1.807) is 78.9 Å². The lowest BCUT2D eigenvalue weighted by atomic mass is 10.0. The van der Waals surface area contributed by atoms with E-state index in [2.05, 4.69) is 25.8 Å². The third-order valence-corrected chi connectivity index (χ3v) is 8.98. The standard InChI is InChI=1S/C42H27N5O5/c1-23-7-6-10-27(17-23)43-42(52)36-19-25-9-3-5-12-31(25)38(41(36)51)47-45-29-14-16-33-32-15-13-28(20-34(32)40(50)35(33)21-29)44-46-37-30-11-4-2-8-24(30)18-26(22-48)39(37)49/h2-22,49,51H,1H3,(H,43,52). The van der Waals surface area contributed by atoms with Crippen LogP contribution in [0.15, 0.2) is 142 Å². The van der Waals surface area contributed by atoms with E-state index in [0.29, 0.717) is 56.2 Å². The van der Waals surface area contributed by atoms with Gasteiger partial charge in [-0.05, 0) is 82.9 Å². The van der Waals surface area contributed by atoms with Gasteiger partial charge in [-0.2, -0.15) is 10.2 Å². The molecular weight excluding hydrogens is 654 g/mol. The first-order chi connectivity index (χ1) is 25.3. The molecule has 7 aromatic carbocycles. The van der Waals surface area contributed by atoms with Crippen LogP contribution in [-0.2, 0) is 0 Å². The molecule has 1 amide bonds. The number of nitrogens with zero attached hydrogens (tertiary/aromatic N) is 4. The fourth-order valence-electron chi connectivity index (χ4n) is 6.44. The molecule has 0 spiro atoms. The number of carbonyl (C=O) groups is 3. The molecule has 1 aliphatic rings. The minimum absolute atomic E-state index is 0.0431. The summed E-state index contributed by atoms with van der Waals surface area (Å²) in [7, 11) is 0. The quantitative estimate of drug-likeness (QED) is 0.113. The van der Waals surface area contributed by atoms with Crippen LogP contribution in [0, 0.1) is 6.92 Å². The molecule has 8 rings (SSSR count). The van der Waals surface area contributed by atoms with Crippen molar-refractivity contribution in [3.8, 4) is 22.6 Å². The lowest BCUT2D eigenvalue weighted by molar-refractivity contribution is 0.102. The minimum atomic E-state index is -0.496. The van der Waals surface area contributed by atoms with Crippen molar-refractivity contribution in [1.82, 2.24) is 0 Å². The van der Waals surface area contributed by atoms with Crippen LogP contribution in [0.5, 0.6) is 11.5 Å². The second-order valence-corrected chi connectivity index (χ2v) is 12.4. The van der Waals surface area contributed by atoms with Crippen molar-refractivity contribution in [2.75, 3.05) is 5.32 Å². The van der Waals surface area contributed by atoms with Gasteiger partial charge in [-0.1, -0.05) is 72.8 Å². The molecule has 7 aromatic rings. The van der Waals surface area contributed by atoms with E-state index in [0.717, 1.165) is 16.5 Å². The van der Waals surface area contributed by atoms with Crippen LogP contribution < -0.4 is 5.32 Å². The van der Waals surface area contributed by atoms with Gasteiger partial charge in [0.1, 0.15) is 11.4 Å². The molecule has 52 heavy (non-hydrogen) atoms. The van der Waals surface area contributed by atoms with Crippen molar-refractivity contribution < 1.29 is 24.6 Å². The Balaban J connectivity index is 1.09. The Kier molecular flexibility index (Phi) is 7.88. The first kappa shape index (κ1) is 31.9. The smallest absolute Gasteiger partial charge is 0.259 e. The molecular formula is C42H27N5O5. The molecule has 0 fully saturated rings. The zero-order valence-corrected chi connectivity index (χ0v) is 27.5. The highest BCUT2D eigenvalue weighted by Crippen LogP contribution is 2.43. The normalized spacial score (nSPS) is 12.1. The number of fused-ring (bicyclic) bond motifs is 5. The number of rotatable bonds is 7. The van der Waals surface area contributed by atoms with E-state index < -0.39 is 5.91 Å². The zero-order valence-electron chi connectivity index (χ0n) is 27.5. The van der Waals surface area contributed by atoms with Gasteiger partial charge >= 0.3 is 0 Å². The Morgan fingerprint density at radius 3 is 1.79 bits per heavy atom. The van der Waals surface area contributed by atoms with Crippen molar-refractivity contribution in [3.63, 3.8) is 0 Å². The Hall–Kier alpha value is -7.33. The molecule has 0 unspecified atom stereocenters. The molecule has 0 radical (unpaired) electrons. The first-order valence-corrected chi connectivity index (χ1v) is 16.3. The number of aryl methyl sites for hydroxylation is 1. The fraction of sp³-hybridized carbons (Fsp3) is 0.0238. The number of aromatic hydroxyl groups is 2. The molecule has 0 bridgehead atoms. The largest absolute Gasteiger partial charge is 0.505 e. The maximum atomic E-state index is 13.7. The van der Waals surface area contributed by atoms with Gasteiger partial charge in [0.25, 0.3) is 5.91 Å². The maximum Gasteiger partial charge on any atom is 0.259 e. The Morgan fingerprint density at radius 1 is 0.615 bits per heavy atom. The number of azo groups is 2. The van der Waals surface area contributed by atoms with Gasteiger partial charge in [0.05, 0.1) is 22.5 Å². The molecule has 0 saturated carbocycles. The Bertz CT molecular complexity index is 2720. The highest BCUT2D eigenvalue weighted by molar-refractivity contribution is 6.22. The van der Waals surface area contributed by atoms with Crippen LogP contribution in [0.4, 0.5) is 28.4 Å². The van der Waals surface area contributed by atoms with Crippen molar-refractivity contribution in [1.29, 1.82) is 0 Å². The van der Waals surface area contributed by atoms with E-state index in [-0.39, 0.29) is 39.8 Å². The first-order valence-electron chi connectivity index (χ1n) is 16.3. The third-order valence-electron chi connectivity index (χ3n) is 8.98. The average Bonchev–Trinajstić information content (AvgIpc) is 3.43. The highest BCUT2D eigenvalue weighted by Gasteiger charge is 2.27.